The van der Waals surface area contributed by atoms with Gasteiger partial charge >= 0.3 is 5.97 Å². The molecule has 0 fully saturated rings. The number of benzene rings is 2. The van der Waals surface area contributed by atoms with E-state index in [0.717, 1.165) is 16.8 Å². The highest BCUT2D eigenvalue weighted by Crippen LogP contribution is 2.24. The summed E-state index contributed by atoms with van der Waals surface area (Å²) in [6.45, 7) is 2.13. The van der Waals surface area contributed by atoms with Gasteiger partial charge in [-0.2, -0.15) is 4.98 Å². The minimum Gasteiger partial charge on any atom is -0.462 e. The van der Waals surface area contributed by atoms with E-state index in [2.05, 4.69) is 15.4 Å². The largest absolute Gasteiger partial charge is 0.462 e. The van der Waals surface area contributed by atoms with Gasteiger partial charge in [-0.15, -0.1) is 5.10 Å². The first-order valence-electron chi connectivity index (χ1n) is 8.89. The van der Waals surface area contributed by atoms with E-state index in [1.807, 2.05) is 54.7 Å². The van der Waals surface area contributed by atoms with Crippen molar-refractivity contribution in [3.8, 4) is 11.1 Å². The predicted octanol–water partition coefficient (Wildman–Crippen LogP) is 3.90. The number of nitrogens with zero attached hydrogens (tertiary/aromatic N) is 3. The number of esters is 1. The number of hydrogen-bond donors (Lipinski definition) is 2. The zero-order valence-electron chi connectivity index (χ0n) is 15.3. The van der Waals surface area contributed by atoms with Gasteiger partial charge in [0.05, 0.1) is 23.5 Å². The van der Waals surface area contributed by atoms with Crippen LogP contribution in [-0.2, 0) is 4.74 Å². The Hall–Kier alpha value is -3.87. The van der Waals surface area contributed by atoms with Gasteiger partial charge in [0.2, 0.25) is 5.95 Å². The number of hydrogen-bond acceptors (Lipinski definition) is 6. The molecule has 0 unspecified atom stereocenters. The zero-order valence-corrected chi connectivity index (χ0v) is 15.3. The van der Waals surface area contributed by atoms with Gasteiger partial charge in [-0.05, 0) is 48.9 Å². The van der Waals surface area contributed by atoms with E-state index < -0.39 is 0 Å². The lowest BCUT2D eigenvalue weighted by Crippen LogP contribution is -2.04. The number of para-hydroxylation sites is 2. The zero-order chi connectivity index (χ0) is 19.5. The van der Waals surface area contributed by atoms with E-state index in [0.29, 0.717) is 29.5 Å². The Labute approximate surface area is 161 Å². The van der Waals surface area contributed by atoms with E-state index >= 15 is 0 Å². The lowest BCUT2D eigenvalue weighted by molar-refractivity contribution is 0.0526. The van der Waals surface area contributed by atoms with Crippen molar-refractivity contribution in [2.75, 3.05) is 17.7 Å². The van der Waals surface area contributed by atoms with Gasteiger partial charge in [0.25, 0.3) is 0 Å². The number of nitrogens with two attached hydrogens (primary N) is 1. The molecule has 4 rings (SSSR count). The van der Waals surface area contributed by atoms with Gasteiger partial charge in [-0.1, -0.05) is 24.3 Å². The lowest BCUT2D eigenvalue weighted by atomic mass is 10.0. The molecule has 0 spiro atoms. The molecule has 0 aliphatic carbocycles. The van der Waals surface area contributed by atoms with E-state index in [1.165, 1.54) is 0 Å². The van der Waals surface area contributed by atoms with Crippen molar-refractivity contribution in [3.63, 3.8) is 0 Å². The maximum atomic E-state index is 12.0. The van der Waals surface area contributed by atoms with Crippen LogP contribution >= 0.6 is 0 Å². The molecule has 2 heterocycles. The smallest absolute Gasteiger partial charge is 0.338 e. The highest BCUT2D eigenvalue weighted by atomic mass is 16.5. The summed E-state index contributed by atoms with van der Waals surface area (Å²) in [5.41, 5.74) is 10.3. The second kappa shape index (κ2) is 7.40. The van der Waals surface area contributed by atoms with Gasteiger partial charge < -0.3 is 15.8 Å². The van der Waals surface area contributed by atoms with E-state index in [4.69, 9.17) is 10.5 Å². The molecular formula is C21H19N5O2. The Kier molecular flexibility index (Phi) is 4.63. The molecule has 4 aromatic rings. The Morgan fingerprint density at radius 2 is 1.96 bits per heavy atom. The van der Waals surface area contributed by atoms with Gasteiger partial charge in [0.15, 0.2) is 5.65 Å². The Morgan fingerprint density at radius 3 is 2.79 bits per heavy atom. The van der Waals surface area contributed by atoms with Crippen LogP contribution < -0.4 is 11.1 Å². The van der Waals surface area contributed by atoms with Crippen LogP contribution in [0.15, 0.2) is 66.9 Å². The minimum absolute atomic E-state index is 0.335. The number of pyridine rings is 1. The molecule has 0 aliphatic rings. The fraction of sp³-hybridized carbons (Fsp3) is 0.0952. The fourth-order valence-corrected chi connectivity index (χ4v) is 2.88. The van der Waals surface area contributed by atoms with E-state index in [1.54, 1.807) is 23.6 Å². The van der Waals surface area contributed by atoms with Crippen LogP contribution in [0.2, 0.25) is 0 Å². The van der Waals surface area contributed by atoms with E-state index in [-0.39, 0.29) is 5.97 Å². The van der Waals surface area contributed by atoms with E-state index in [9.17, 15) is 4.79 Å². The number of carbonyl (C=O) groups is 1. The number of rotatable bonds is 5. The number of ether oxygens (including phenoxy) is 1. The summed E-state index contributed by atoms with van der Waals surface area (Å²) < 4.78 is 6.76. The van der Waals surface area contributed by atoms with Crippen LogP contribution in [0.4, 0.5) is 17.3 Å². The number of anilines is 3. The number of nitrogen functional groups attached to an aromatic ring is 1. The summed E-state index contributed by atoms with van der Waals surface area (Å²) in [7, 11) is 0. The summed E-state index contributed by atoms with van der Waals surface area (Å²) in [6, 6.07) is 18.6. The van der Waals surface area contributed by atoms with Crippen molar-refractivity contribution < 1.29 is 9.53 Å². The molecule has 0 amide bonds. The van der Waals surface area contributed by atoms with Crippen LogP contribution in [0, 0.1) is 0 Å². The Balaban J connectivity index is 1.64. The first-order chi connectivity index (χ1) is 13.6. The van der Waals surface area contributed by atoms with Crippen LogP contribution in [0.5, 0.6) is 0 Å². The molecule has 0 saturated carbocycles. The van der Waals surface area contributed by atoms with Crippen molar-refractivity contribution in [1.29, 1.82) is 0 Å². The maximum Gasteiger partial charge on any atom is 0.338 e. The van der Waals surface area contributed by atoms with Crippen LogP contribution in [0.25, 0.3) is 16.8 Å². The normalized spacial score (nSPS) is 10.8. The highest BCUT2D eigenvalue weighted by molar-refractivity contribution is 5.91. The third-order valence-corrected chi connectivity index (χ3v) is 4.25. The molecule has 7 heteroatoms. The molecule has 28 heavy (non-hydrogen) atoms. The fourth-order valence-electron chi connectivity index (χ4n) is 2.88. The first-order valence-corrected chi connectivity index (χ1v) is 8.89. The molecule has 2 aromatic carbocycles. The number of fused-ring (bicyclic) bond motifs is 1. The van der Waals surface area contributed by atoms with Gasteiger partial charge in [-0.3, -0.25) is 0 Å². The van der Waals surface area contributed by atoms with Crippen molar-refractivity contribution in [1.82, 2.24) is 14.6 Å². The number of nitrogens with one attached hydrogen (secondary N) is 1. The first kappa shape index (κ1) is 17.5. The molecule has 0 aliphatic heterocycles. The molecule has 2 aromatic heterocycles. The summed E-state index contributed by atoms with van der Waals surface area (Å²) >= 11 is 0. The summed E-state index contributed by atoms with van der Waals surface area (Å²) in [4.78, 5) is 16.4. The molecule has 140 valence electrons. The molecule has 7 nitrogen and oxygen atoms in total. The molecule has 3 N–H and O–H groups in total. The average molecular weight is 373 g/mol. The van der Waals surface area contributed by atoms with Gasteiger partial charge in [0, 0.05) is 11.8 Å². The third-order valence-electron chi connectivity index (χ3n) is 4.25. The average Bonchev–Trinajstić information content (AvgIpc) is 3.11. The Morgan fingerprint density at radius 1 is 1.11 bits per heavy atom. The predicted molar refractivity (Wildman–Crippen MR) is 109 cm³/mol. The monoisotopic (exact) mass is 373 g/mol. The standard InChI is InChI=1S/C21H19N5O2/c1-2-28-20(27)15-7-5-6-14(12-15)16-10-11-19-24-21(25-26(19)13-16)23-18-9-4-3-8-17(18)22/h3-13H,2,22H2,1H3,(H,23,25). The quantitative estimate of drug-likeness (QED) is 0.407. The number of aromatic nitrogens is 3. The molecule has 0 bridgehead atoms. The summed E-state index contributed by atoms with van der Waals surface area (Å²) in [6.07, 6.45) is 1.87. The van der Waals surface area contributed by atoms with Crippen molar-refractivity contribution in [2.24, 2.45) is 0 Å². The van der Waals surface area contributed by atoms with Crippen LogP contribution in [0.1, 0.15) is 17.3 Å². The van der Waals surface area contributed by atoms with Gasteiger partial charge in [0.1, 0.15) is 0 Å². The summed E-state index contributed by atoms with van der Waals surface area (Å²) in [5, 5.41) is 7.60. The molecular weight excluding hydrogens is 354 g/mol. The summed E-state index contributed by atoms with van der Waals surface area (Å²) in [5.74, 6) is 0.119. The third kappa shape index (κ3) is 3.50. The lowest BCUT2D eigenvalue weighted by Gasteiger charge is -2.05. The van der Waals surface area contributed by atoms with Crippen molar-refractivity contribution >= 4 is 28.9 Å². The molecule has 0 atom stereocenters. The van der Waals surface area contributed by atoms with Crippen LogP contribution in [-0.4, -0.2) is 27.2 Å². The maximum absolute atomic E-state index is 12.0. The van der Waals surface area contributed by atoms with Gasteiger partial charge in [-0.25, -0.2) is 9.31 Å². The molecule has 0 radical (unpaired) electrons. The topological polar surface area (TPSA) is 94.5 Å². The van der Waals surface area contributed by atoms with Crippen molar-refractivity contribution in [3.05, 3.63) is 72.4 Å². The highest BCUT2D eigenvalue weighted by Gasteiger charge is 2.10. The number of carbonyl (C=O) groups excluding carboxylic acids is 1. The second-order valence-electron chi connectivity index (χ2n) is 6.17. The Bertz CT molecular complexity index is 1150. The van der Waals surface area contributed by atoms with Crippen LogP contribution in [0.3, 0.4) is 0 Å². The SMILES string of the molecule is CCOC(=O)c1cccc(-c2ccc3nc(Nc4ccccc4N)nn3c2)c1. The second-order valence-corrected chi connectivity index (χ2v) is 6.17. The van der Waals surface area contributed by atoms with Crippen molar-refractivity contribution in [2.45, 2.75) is 6.92 Å². The molecule has 0 saturated heterocycles. The minimum atomic E-state index is -0.335.